The molecule has 2 rings (SSSR count). The van der Waals surface area contributed by atoms with Gasteiger partial charge >= 0.3 is 0 Å². The molecule has 1 atom stereocenters. The van der Waals surface area contributed by atoms with Crippen LogP contribution in [-0.4, -0.2) is 43.4 Å². The number of hydrogen-bond acceptors (Lipinski definition) is 3. The van der Waals surface area contributed by atoms with Gasteiger partial charge < -0.3 is 15.5 Å². The predicted molar refractivity (Wildman–Crippen MR) is 79.7 cm³/mol. The number of nitrogens with zero attached hydrogens (tertiary/aromatic N) is 1. The van der Waals surface area contributed by atoms with Crippen LogP contribution in [0.1, 0.15) is 18.0 Å². The minimum atomic E-state index is -0.501. The minimum absolute atomic E-state index is 0. The van der Waals surface area contributed by atoms with Crippen molar-refractivity contribution in [2.75, 3.05) is 26.7 Å². The van der Waals surface area contributed by atoms with Crippen LogP contribution < -0.4 is 10.6 Å². The van der Waals surface area contributed by atoms with Crippen LogP contribution in [0.2, 0.25) is 0 Å². The molecule has 2 N–H and O–H groups in total. The van der Waals surface area contributed by atoms with Crippen LogP contribution in [0.4, 0.5) is 0 Å². The van der Waals surface area contributed by atoms with E-state index in [1.165, 1.54) is 0 Å². The summed E-state index contributed by atoms with van der Waals surface area (Å²) < 4.78 is 0. The van der Waals surface area contributed by atoms with Crippen molar-refractivity contribution in [1.29, 1.82) is 0 Å². The molecule has 110 valence electrons. The lowest BCUT2D eigenvalue weighted by Gasteiger charge is -2.35. The van der Waals surface area contributed by atoms with Crippen LogP contribution >= 0.6 is 12.4 Å². The molecule has 0 spiro atoms. The lowest BCUT2D eigenvalue weighted by atomic mass is 10.0. The first-order valence-electron chi connectivity index (χ1n) is 6.50. The van der Waals surface area contributed by atoms with Gasteiger partial charge in [-0.15, -0.1) is 12.4 Å². The van der Waals surface area contributed by atoms with Crippen molar-refractivity contribution in [2.24, 2.45) is 0 Å². The lowest BCUT2D eigenvalue weighted by Crippen LogP contribution is -2.52. The van der Waals surface area contributed by atoms with E-state index >= 15 is 0 Å². The normalized spacial score (nSPS) is 18.1. The SMILES string of the molecule is CNCCC(=O)N1CCNC(=O)C1c1ccccc1.Cl. The first-order chi connectivity index (χ1) is 9.24. The van der Waals surface area contributed by atoms with Gasteiger partial charge in [0.1, 0.15) is 6.04 Å². The zero-order valence-electron chi connectivity index (χ0n) is 11.5. The van der Waals surface area contributed by atoms with Gasteiger partial charge in [-0.05, 0) is 12.6 Å². The second-order valence-corrected chi connectivity index (χ2v) is 4.54. The molecule has 1 unspecified atom stereocenters. The maximum absolute atomic E-state index is 12.2. The lowest BCUT2D eigenvalue weighted by molar-refractivity contribution is -0.143. The molecule has 0 aliphatic carbocycles. The molecule has 0 bridgehead atoms. The summed E-state index contributed by atoms with van der Waals surface area (Å²) in [6.45, 7) is 1.71. The molecule has 5 nitrogen and oxygen atoms in total. The highest BCUT2D eigenvalue weighted by molar-refractivity contribution is 5.89. The molecule has 1 fully saturated rings. The molecule has 1 saturated heterocycles. The summed E-state index contributed by atoms with van der Waals surface area (Å²) in [6.07, 6.45) is 0.410. The summed E-state index contributed by atoms with van der Waals surface area (Å²) >= 11 is 0. The van der Waals surface area contributed by atoms with Crippen molar-refractivity contribution in [3.63, 3.8) is 0 Å². The first kappa shape index (κ1) is 16.5. The van der Waals surface area contributed by atoms with Gasteiger partial charge in [-0.3, -0.25) is 9.59 Å². The van der Waals surface area contributed by atoms with Gasteiger partial charge in [0.15, 0.2) is 0 Å². The fourth-order valence-electron chi connectivity index (χ4n) is 2.28. The van der Waals surface area contributed by atoms with E-state index in [9.17, 15) is 9.59 Å². The molecule has 6 heteroatoms. The fourth-order valence-corrected chi connectivity index (χ4v) is 2.28. The molecule has 20 heavy (non-hydrogen) atoms. The Morgan fingerprint density at radius 1 is 1.40 bits per heavy atom. The van der Waals surface area contributed by atoms with Crippen molar-refractivity contribution < 1.29 is 9.59 Å². The first-order valence-corrected chi connectivity index (χ1v) is 6.50. The molecule has 1 aliphatic rings. The molecule has 0 radical (unpaired) electrons. The fraction of sp³-hybridized carbons (Fsp3) is 0.429. The number of halogens is 1. The predicted octanol–water partition coefficient (Wildman–Crippen LogP) is 0.717. The summed E-state index contributed by atoms with van der Waals surface area (Å²) in [5.41, 5.74) is 0.859. The number of rotatable bonds is 4. The summed E-state index contributed by atoms with van der Waals surface area (Å²) in [5.74, 6) is -0.0895. The Morgan fingerprint density at radius 3 is 2.75 bits per heavy atom. The number of benzene rings is 1. The Labute approximate surface area is 125 Å². The quantitative estimate of drug-likeness (QED) is 0.861. The number of piperazine rings is 1. The minimum Gasteiger partial charge on any atom is -0.352 e. The van der Waals surface area contributed by atoms with Crippen LogP contribution in [0.5, 0.6) is 0 Å². The molecule has 1 aliphatic heterocycles. The van der Waals surface area contributed by atoms with Crippen molar-refractivity contribution in [3.05, 3.63) is 35.9 Å². The average molecular weight is 298 g/mol. The Kier molecular flexibility index (Phi) is 6.48. The third kappa shape index (κ3) is 3.71. The van der Waals surface area contributed by atoms with E-state index in [0.717, 1.165) is 5.56 Å². The summed E-state index contributed by atoms with van der Waals surface area (Å²) in [5, 5.41) is 5.78. The zero-order valence-corrected chi connectivity index (χ0v) is 12.3. The Bertz CT molecular complexity index is 453. The van der Waals surface area contributed by atoms with Gasteiger partial charge in [-0.25, -0.2) is 0 Å². The van der Waals surface area contributed by atoms with Crippen molar-refractivity contribution >= 4 is 24.2 Å². The molecular formula is C14H20ClN3O2. The van der Waals surface area contributed by atoms with Gasteiger partial charge in [-0.2, -0.15) is 0 Å². The third-order valence-corrected chi connectivity index (χ3v) is 3.24. The van der Waals surface area contributed by atoms with Crippen molar-refractivity contribution in [1.82, 2.24) is 15.5 Å². The van der Waals surface area contributed by atoms with Crippen LogP contribution in [0.15, 0.2) is 30.3 Å². The van der Waals surface area contributed by atoms with Gasteiger partial charge in [0.25, 0.3) is 0 Å². The van der Waals surface area contributed by atoms with E-state index in [4.69, 9.17) is 0 Å². The van der Waals surface area contributed by atoms with Crippen LogP contribution in [0, 0.1) is 0 Å². The van der Waals surface area contributed by atoms with Gasteiger partial charge in [-0.1, -0.05) is 30.3 Å². The molecule has 1 aromatic carbocycles. The molecule has 1 aromatic rings. The van der Waals surface area contributed by atoms with E-state index in [-0.39, 0.29) is 24.2 Å². The highest BCUT2D eigenvalue weighted by atomic mass is 35.5. The van der Waals surface area contributed by atoms with E-state index in [1.807, 2.05) is 37.4 Å². The third-order valence-electron chi connectivity index (χ3n) is 3.24. The number of carbonyl (C=O) groups excluding carboxylic acids is 2. The van der Waals surface area contributed by atoms with Gasteiger partial charge in [0, 0.05) is 26.1 Å². The van der Waals surface area contributed by atoms with Gasteiger partial charge in [0.2, 0.25) is 11.8 Å². The highest BCUT2D eigenvalue weighted by Crippen LogP contribution is 2.23. The molecular weight excluding hydrogens is 278 g/mol. The molecule has 0 saturated carbocycles. The van der Waals surface area contributed by atoms with Gasteiger partial charge in [0.05, 0.1) is 0 Å². The Balaban J connectivity index is 0.00000200. The smallest absolute Gasteiger partial charge is 0.247 e. The van der Waals surface area contributed by atoms with E-state index < -0.39 is 6.04 Å². The van der Waals surface area contributed by atoms with E-state index in [0.29, 0.717) is 26.1 Å². The summed E-state index contributed by atoms with van der Waals surface area (Å²) in [6, 6.07) is 8.93. The molecule has 0 aromatic heterocycles. The number of carbonyl (C=O) groups is 2. The number of nitrogens with one attached hydrogen (secondary N) is 2. The summed E-state index contributed by atoms with van der Waals surface area (Å²) in [7, 11) is 1.81. The molecule has 2 amide bonds. The Morgan fingerprint density at radius 2 is 2.10 bits per heavy atom. The molecule has 1 heterocycles. The number of amides is 2. The standard InChI is InChI=1S/C14H19N3O2.ClH/c1-15-8-7-12(18)17-10-9-16-14(19)13(17)11-5-3-2-4-6-11;/h2-6,13,15H,7-10H2,1H3,(H,16,19);1H. The van der Waals surface area contributed by atoms with E-state index in [2.05, 4.69) is 10.6 Å². The van der Waals surface area contributed by atoms with Crippen LogP contribution in [0.3, 0.4) is 0 Å². The largest absolute Gasteiger partial charge is 0.352 e. The summed E-state index contributed by atoms with van der Waals surface area (Å²) in [4.78, 5) is 25.9. The maximum atomic E-state index is 12.2. The average Bonchev–Trinajstić information content (AvgIpc) is 2.45. The monoisotopic (exact) mass is 297 g/mol. The topological polar surface area (TPSA) is 61.4 Å². The van der Waals surface area contributed by atoms with Crippen molar-refractivity contribution in [2.45, 2.75) is 12.5 Å². The maximum Gasteiger partial charge on any atom is 0.247 e. The van der Waals surface area contributed by atoms with Crippen molar-refractivity contribution in [3.8, 4) is 0 Å². The second kappa shape index (κ2) is 7.87. The zero-order chi connectivity index (χ0) is 13.7. The number of hydrogen-bond donors (Lipinski definition) is 2. The second-order valence-electron chi connectivity index (χ2n) is 4.54. The highest BCUT2D eigenvalue weighted by Gasteiger charge is 2.33. The van der Waals surface area contributed by atoms with Crippen LogP contribution in [0.25, 0.3) is 0 Å². The Hall–Kier alpha value is -1.59. The van der Waals surface area contributed by atoms with E-state index in [1.54, 1.807) is 4.90 Å². The van der Waals surface area contributed by atoms with Crippen LogP contribution in [-0.2, 0) is 9.59 Å².